The zero-order valence-corrected chi connectivity index (χ0v) is 11.8. The van der Waals surface area contributed by atoms with Gasteiger partial charge in [-0.05, 0) is 37.3 Å². The molecule has 1 aromatic rings. The third-order valence-electron chi connectivity index (χ3n) is 3.49. The van der Waals surface area contributed by atoms with Gasteiger partial charge in [0.15, 0.2) is 5.82 Å². The van der Waals surface area contributed by atoms with E-state index in [1.54, 1.807) is 4.90 Å². The Morgan fingerprint density at radius 1 is 1.40 bits per heavy atom. The van der Waals surface area contributed by atoms with Crippen molar-refractivity contribution in [3.63, 3.8) is 0 Å². The van der Waals surface area contributed by atoms with Gasteiger partial charge in [-0.25, -0.2) is 8.78 Å². The fourth-order valence-corrected chi connectivity index (χ4v) is 2.15. The molecule has 0 saturated heterocycles. The van der Waals surface area contributed by atoms with Crippen molar-refractivity contribution in [3.8, 4) is 0 Å². The SMILES string of the molecule is CC(C)CCN(C(=O)c1cc(F)cc(N)c1F)C1CC1. The highest BCUT2D eigenvalue weighted by Crippen LogP contribution is 2.30. The maximum atomic E-state index is 13.9. The molecule has 0 atom stereocenters. The first kappa shape index (κ1) is 14.8. The zero-order valence-electron chi connectivity index (χ0n) is 11.8. The molecule has 2 rings (SSSR count). The largest absolute Gasteiger partial charge is 0.396 e. The summed E-state index contributed by atoms with van der Waals surface area (Å²) >= 11 is 0. The van der Waals surface area contributed by atoms with Crippen LogP contribution in [-0.4, -0.2) is 23.4 Å². The van der Waals surface area contributed by atoms with Crippen LogP contribution in [0.2, 0.25) is 0 Å². The molecule has 0 aromatic heterocycles. The number of hydrogen-bond donors (Lipinski definition) is 1. The van der Waals surface area contributed by atoms with Crippen molar-refractivity contribution < 1.29 is 13.6 Å². The van der Waals surface area contributed by atoms with Gasteiger partial charge in [-0.1, -0.05) is 13.8 Å². The second-order valence-electron chi connectivity index (χ2n) is 5.77. The Balaban J connectivity index is 2.23. The Kier molecular flexibility index (Phi) is 4.26. The van der Waals surface area contributed by atoms with Gasteiger partial charge in [0.25, 0.3) is 5.91 Å². The van der Waals surface area contributed by atoms with E-state index in [9.17, 15) is 13.6 Å². The number of anilines is 1. The first-order chi connectivity index (χ1) is 9.40. The molecule has 110 valence electrons. The van der Waals surface area contributed by atoms with Crippen LogP contribution in [0.1, 0.15) is 43.5 Å². The number of nitrogen functional groups attached to an aromatic ring is 1. The number of benzene rings is 1. The molecule has 1 aliphatic rings. The molecule has 1 fully saturated rings. The minimum Gasteiger partial charge on any atom is -0.396 e. The van der Waals surface area contributed by atoms with Crippen molar-refractivity contribution in [2.24, 2.45) is 5.92 Å². The van der Waals surface area contributed by atoms with Crippen molar-refractivity contribution in [1.82, 2.24) is 4.90 Å². The van der Waals surface area contributed by atoms with Gasteiger partial charge in [0, 0.05) is 12.6 Å². The summed E-state index contributed by atoms with van der Waals surface area (Å²) in [6, 6.07) is 1.98. The van der Waals surface area contributed by atoms with Gasteiger partial charge in [0.05, 0.1) is 11.3 Å². The molecule has 1 aromatic carbocycles. The summed E-state index contributed by atoms with van der Waals surface area (Å²) in [5.74, 6) is -1.53. The number of amides is 1. The molecule has 1 amide bonds. The van der Waals surface area contributed by atoms with Crippen molar-refractivity contribution in [2.45, 2.75) is 39.2 Å². The number of nitrogens with two attached hydrogens (primary N) is 1. The Labute approximate surface area is 117 Å². The molecule has 2 N–H and O–H groups in total. The quantitative estimate of drug-likeness (QED) is 0.843. The standard InChI is InChI=1S/C15H20F2N2O/c1-9(2)5-6-19(11-3-4-11)15(20)12-7-10(16)8-13(18)14(12)17/h7-9,11H,3-6,18H2,1-2H3. The minimum absolute atomic E-state index is 0.158. The van der Waals surface area contributed by atoms with E-state index in [1.165, 1.54) is 0 Å². The molecule has 1 saturated carbocycles. The van der Waals surface area contributed by atoms with Crippen LogP contribution in [0.5, 0.6) is 0 Å². The lowest BCUT2D eigenvalue weighted by Gasteiger charge is -2.24. The lowest BCUT2D eigenvalue weighted by Crippen LogP contribution is -2.35. The Morgan fingerprint density at radius 2 is 2.05 bits per heavy atom. The summed E-state index contributed by atoms with van der Waals surface area (Å²) in [5.41, 5.74) is 4.80. The molecule has 20 heavy (non-hydrogen) atoms. The molecular weight excluding hydrogens is 262 g/mol. The van der Waals surface area contributed by atoms with E-state index < -0.39 is 17.5 Å². The van der Waals surface area contributed by atoms with Crippen molar-refractivity contribution in [2.75, 3.05) is 12.3 Å². The molecule has 0 spiro atoms. The summed E-state index contributed by atoms with van der Waals surface area (Å²) in [6.07, 6.45) is 2.70. The number of carbonyl (C=O) groups excluding carboxylic acids is 1. The Morgan fingerprint density at radius 3 is 2.60 bits per heavy atom. The second-order valence-corrected chi connectivity index (χ2v) is 5.77. The molecule has 3 nitrogen and oxygen atoms in total. The normalized spacial score (nSPS) is 14.7. The average molecular weight is 282 g/mol. The van der Waals surface area contributed by atoms with Gasteiger partial charge in [-0.15, -0.1) is 0 Å². The molecule has 5 heteroatoms. The van der Waals surface area contributed by atoms with E-state index in [0.29, 0.717) is 12.5 Å². The molecule has 0 unspecified atom stereocenters. The maximum Gasteiger partial charge on any atom is 0.257 e. The summed E-state index contributed by atoms with van der Waals surface area (Å²) < 4.78 is 27.3. The molecule has 1 aliphatic carbocycles. The Bertz CT molecular complexity index is 513. The van der Waals surface area contributed by atoms with E-state index in [2.05, 4.69) is 13.8 Å². The van der Waals surface area contributed by atoms with Crippen molar-refractivity contribution in [3.05, 3.63) is 29.3 Å². The highest BCUT2D eigenvalue weighted by molar-refractivity contribution is 5.95. The van der Waals surface area contributed by atoms with Gasteiger partial charge in [0.1, 0.15) is 5.82 Å². The van der Waals surface area contributed by atoms with Gasteiger partial charge < -0.3 is 10.6 Å². The highest BCUT2D eigenvalue weighted by Gasteiger charge is 2.34. The maximum absolute atomic E-state index is 13.9. The summed E-state index contributed by atoms with van der Waals surface area (Å²) in [7, 11) is 0. The van der Waals surface area contributed by atoms with Crippen molar-refractivity contribution >= 4 is 11.6 Å². The van der Waals surface area contributed by atoms with Gasteiger partial charge >= 0.3 is 0 Å². The second kappa shape index (κ2) is 5.77. The summed E-state index contributed by atoms with van der Waals surface area (Å²) in [6.45, 7) is 4.70. The molecule has 0 heterocycles. The van der Waals surface area contributed by atoms with Gasteiger partial charge in [0.2, 0.25) is 0 Å². The van der Waals surface area contributed by atoms with E-state index in [1.807, 2.05) is 0 Å². The predicted molar refractivity (Wildman–Crippen MR) is 74.3 cm³/mol. The number of rotatable bonds is 5. The number of halogens is 2. The van der Waals surface area contributed by atoms with E-state index in [0.717, 1.165) is 31.4 Å². The lowest BCUT2D eigenvalue weighted by atomic mass is 10.1. The van der Waals surface area contributed by atoms with Gasteiger partial charge in [-0.2, -0.15) is 0 Å². The third-order valence-corrected chi connectivity index (χ3v) is 3.49. The number of nitrogens with zero attached hydrogens (tertiary/aromatic N) is 1. The fourth-order valence-electron chi connectivity index (χ4n) is 2.15. The topological polar surface area (TPSA) is 46.3 Å². The summed E-state index contributed by atoms with van der Waals surface area (Å²) in [4.78, 5) is 14.1. The highest BCUT2D eigenvalue weighted by atomic mass is 19.1. The molecular formula is C15H20F2N2O. The van der Waals surface area contributed by atoms with Crippen LogP contribution in [0, 0.1) is 17.6 Å². The van der Waals surface area contributed by atoms with Crippen LogP contribution in [0.25, 0.3) is 0 Å². The lowest BCUT2D eigenvalue weighted by molar-refractivity contribution is 0.0730. The van der Waals surface area contributed by atoms with Crippen LogP contribution >= 0.6 is 0 Å². The smallest absolute Gasteiger partial charge is 0.257 e. The Hall–Kier alpha value is -1.65. The average Bonchev–Trinajstić information content (AvgIpc) is 3.17. The van der Waals surface area contributed by atoms with E-state index in [-0.39, 0.29) is 17.3 Å². The number of hydrogen-bond acceptors (Lipinski definition) is 2. The monoisotopic (exact) mass is 282 g/mol. The van der Waals surface area contributed by atoms with Crippen LogP contribution in [-0.2, 0) is 0 Å². The van der Waals surface area contributed by atoms with Crippen LogP contribution < -0.4 is 5.73 Å². The van der Waals surface area contributed by atoms with Gasteiger partial charge in [-0.3, -0.25) is 4.79 Å². The zero-order chi connectivity index (χ0) is 14.9. The summed E-state index contributed by atoms with van der Waals surface area (Å²) in [5, 5.41) is 0. The minimum atomic E-state index is -0.827. The fraction of sp³-hybridized carbons (Fsp3) is 0.533. The number of carbonyl (C=O) groups is 1. The molecule has 0 aliphatic heterocycles. The molecule has 0 radical (unpaired) electrons. The van der Waals surface area contributed by atoms with Crippen LogP contribution in [0.3, 0.4) is 0 Å². The van der Waals surface area contributed by atoms with Crippen LogP contribution in [0.15, 0.2) is 12.1 Å². The predicted octanol–water partition coefficient (Wildman–Crippen LogP) is 3.20. The van der Waals surface area contributed by atoms with Crippen molar-refractivity contribution in [1.29, 1.82) is 0 Å². The first-order valence-electron chi connectivity index (χ1n) is 6.95. The molecule has 0 bridgehead atoms. The van der Waals surface area contributed by atoms with E-state index in [4.69, 9.17) is 5.73 Å². The third kappa shape index (κ3) is 3.26. The first-order valence-corrected chi connectivity index (χ1v) is 6.95. The van der Waals surface area contributed by atoms with Crippen LogP contribution in [0.4, 0.5) is 14.5 Å². The van der Waals surface area contributed by atoms with E-state index >= 15 is 0 Å².